The van der Waals surface area contributed by atoms with Crippen LogP contribution in [0.5, 0.6) is 11.5 Å². The zero-order chi connectivity index (χ0) is 21.7. The van der Waals surface area contributed by atoms with Gasteiger partial charge in [-0.05, 0) is 42.8 Å². The second kappa shape index (κ2) is 9.13. The van der Waals surface area contributed by atoms with Crippen molar-refractivity contribution in [3.63, 3.8) is 0 Å². The van der Waals surface area contributed by atoms with Gasteiger partial charge < -0.3 is 23.7 Å². The molecule has 0 unspecified atom stereocenters. The fourth-order valence-electron chi connectivity index (χ4n) is 2.87. The molecule has 30 heavy (non-hydrogen) atoms. The predicted octanol–water partition coefficient (Wildman–Crippen LogP) is 3.29. The molecule has 0 fully saturated rings. The molecule has 1 heterocycles. The van der Waals surface area contributed by atoms with E-state index in [1.807, 2.05) is 0 Å². The van der Waals surface area contributed by atoms with Crippen LogP contribution < -0.4 is 4.74 Å². The highest BCUT2D eigenvalue weighted by atomic mass is 16.6. The first-order valence-electron chi connectivity index (χ1n) is 9.16. The number of ether oxygens (including phenoxy) is 3. The number of hydrogen-bond donors (Lipinski definition) is 1. The van der Waals surface area contributed by atoms with Crippen molar-refractivity contribution in [2.45, 2.75) is 13.3 Å². The lowest BCUT2D eigenvalue weighted by Crippen LogP contribution is -2.14. The lowest BCUT2D eigenvalue weighted by atomic mass is 10.0. The number of carbonyl (C=O) groups excluding carboxylic acids is 3. The Bertz CT molecular complexity index is 1100. The molecule has 0 bridgehead atoms. The maximum atomic E-state index is 12.6. The summed E-state index contributed by atoms with van der Waals surface area (Å²) in [6, 6.07) is 10.8. The summed E-state index contributed by atoms with van der Waals surface area (Å²) >= 11 is 0. The number of ketones is 1. The van der Waals surface area contributed by atoms with Crippen molar-refractivity contribution >= 4 is 28.7 Å². The van der Waals surface area contributed by atoms with Crippen molar-refractivity contribution in [2.75, 3.05) is 20.3 Å². The molecule has 1 aromatic heterocycles. The van der Waals surface area contributed by atoms with Crippen LogP contribution in [-0.2, 0) is 20.7 Å². The van der Waals surface area contributed by atoms with Crippen molar-refractivity contribution in [2.24, 2.45) is 0 Å². The summed E-state index contributed by atoms with van der Waals surface area (Å²) in [5.41, 5.74) is 1.31. The van der Waals surface area contributed by atoms with Crippen molar-refractivity contribution in [1.82, 2.24) is 0 Å². The van der Waals surface area contributed by atoms with Crippen LogP contribution in [-0.4, -0.2) is 43.2 Å². The lowest BCUT2D eigenvalue weighted by molar-refractivity contribution is -0.145. The van der Waals surface area contributed by atoms with Gasteiger partial charge in [-0.3, -0.25) is 4.79 Å². The Morgan fingerprint density at radius 1 is 1.07 bits per heavy atom. The molecule has 0 amide bonds. The molecular formula is C22H20O8. The van der Waals surface area contributed by atoms with Gasteiger partial charge in [0.15, 0.2) is 12.4 Å². The Morgan fingerprint density at radius 3 is 2.57 bits per heavy atom. The molecule has 8 heteroatoms. The maximum absolute atomic E-state index is 12.6. The van der Waals surface area contributed by atoms with Crippen LogP contribution in [0.2, 0.25) is 0 Å². The van der Waals surface area contributed by atoms with Crippen LogP contribution >= 0.6 is 0 Å². The lowest BCUT2D eigenvalue weighted by Gasteiger charge is -2.09. The van der Waals surface area contributed by atoms with E-state index in [0.717, 1.165) is 0 Å². The van der Waals surface area contributed by atoms with Crippen LogP contribution in [0.15, 0.2) is 46.9 Å². The van der Waals surface area contributed by atoms with Crippen molar-refractivity contribution in [3.05, 3.63) is 59.4 Å². The number of hydrogen-bond acceptors (Lipinski definition) is 8. The molecule has 3 rings (SSSR count). The quantitative estimate of drug-likeness (QED) is 0.443. The SMILES string of the molecule is CCOC(=O)COc1ccc(C(=O)Cc2ccc3oc(C(=O)OC)cc3c2)c(O)c1. The van der Waals surface area contributed by atoms with E-state index in [9.17, 15) is 19.5 Å². The van der Waals surface area contributed by atoms with Gasteiger partial charge in [-0.25, -0.2) is 9.59 Å². The van der Waals surface area contributed by atoms with Gasteiger partial charge >= 0.3 is 11.9 Å². The number of furan rings is 1. The molecule has 0 aliphatic rings. The van der Waals surface area contributed by atoms with Crippen LogP contribution in [0.4, 0.5) is 0 Å². The number of carbonyl (C=O) groups is 3. The standard InChI is InChI=1S/C22H20O8/c1-3-28-21(25)12-29-15-5-6-16(18(24)11-15)17(23)9-13-4-7-19-14(8-13)10-20(30-19)22(26)27-2/h4-8,10-11,24H,3,9,12H2,1-2H3. The first-order chi connectivity index (χ1) is 14.4. The smallest absolute Gasteiger partial charge is 0.373 e. The molecule has 0 radical (unpaired) electrons. The summed E-state index contributed by atoms with van der Waals surface area (Å²) in [6.07, 6.45) is 0.0330. The minimum atomic E-state index is -0.584. The maximum Gasteiger partial charge on any atom is 0.373 e. The Balaban J connectivity index is 1.70. The number of methoxy groups -OCH3 is 1. The van der Waals surface area contributed by atoms with Gasteiger partial charge in [0.2, 0.25) is 5.76 Å². The zero-order valence-corrected chi connectivity index (χ0v) is 16.5. The summed E-state index contributed by atoms with van der Waals surface area (Å²) in [4.78, 5) is 35.5. The molecule has 2 aromatic carbocycles. The van der Waals surface area contributed by atoms with Crippen LogP contribution in [0.3, 0.4) is 0 Å². The summed E-state index contributed by atoms with van der Waals surface area (Å²) < 4.78 is 20.0. The van der Waals surface area contributed by atoms with Gasteiger partial charge in [0.1, 0.15) is 17.1 Å². The largest absolute Gasteiger partial charge is 0.507 e. The van der Waals surface area contributed by atoms with Crippen molar-refractivity contribution in [1.29, 1.82) is 0 Å². The van der Waals surface area contributed by atoms with E-state index in [4.69, 9.17) is 13.9 Å². The number of benzene rings is 2. The van der Waals surface area contributed by atoms with E-state index in [1.54, 1.807) is 31.2 Å². The second-order valence-corrected chi connectivity index (χ2v) is 6.35. The number of phenolic OH excluding ortho intramolecular Hbond substituents is 1. The van der Waals surface area contributed by atoms with E-state index >= 15 is 0 Å². The first kappa shape index (κ1) is 20.9. The van der Waals surface area contributed by atoms with E-state index in [0.29, 0.717) is 16.5 Å². The third-order valence-electron chi connectivity index (χ3n) is 4.26. The fourth-order valence-corrected chi connectivity index (χ4v) is 2.87. The number of rotatable bonds is 8. The monoisotopic (exact) mass is 412 g/mol. The Kier molecular flexibility index (Phi) is 6.36. The third kappa shape index (κ3) is 4.78. The van der Waals surface area contributed by atoms with Gasteiger partial charge in [0, 0.05) is 17.9 Å². The van der Waals surface area contributed by atoms with Crippen molar-refractivity contribution < 1.29 is 38.1 Å². The van der Waals surface area contributed by atoms with Gasteiger partial charge in [-0.15, -0.1) is 0 Å². The molecule has 0 aliphatic heterocycles. The zero-order valence-electron chi connectivity index (χ0n) is 16.5. The van der Waals surface area contributed by atoms with Crippen LogP contribution in [0.1, 0.15) is 33.4 Å². The molecule has 8 nitrogen and oxygen atoms in total. The summed E-state index contributed by atoms with van der Waals surface area (Å²) in [5.74, 6) is -1.35. The van der Waals surface area contributed by atoms with E-state index in [2.05, 4.69) is 4.74 Å². The Labute approximate surface area is 172 Å². The number of Topliss-reactive ketones (excluding diaryl/α,β-unsaturated/α-hetero) is 1. The average Bonchev–Trinajstić information content (AvgIpc) is 3.15. The summed E-state index contributed by atoms with van der Waals surface area (Å²) in [6.45, 7) is 1.64. The third-order valence-corrected chi connectivity index (χ3v) is 4.26. The Hall–Kier alpha value is -3.81. The Morgan fingerprint density at radius 2 is 1.87 bits per heavy atom. The number of phenols is 1. The molecular weight excluding hydrogens is 392 g/mol. The minimum Gasteiger partial charge on any atom is -0.507 e. The number of aromatic hydroxyl groups is 1. The molecule has 3 aromatic rings. The van der Waals surface area contributed by atoms with E-state index in [1.165, 1.54) is 25.3 Å². The van der Waals surface area contributed by atoms with Gasteiger partial charge in [-0.2, -0.15) is 0 Å². The number of fused-ring (bicyclic) bond motifs is 1. The van der Waals surface area contributed by atoms with Gasteiger partial charge in [0.05, 0.1) is 19.3 Å². The van der Waals surface area contributed by atoms with E-state index < -0.39 is 11.9 Å². The minimum absolute atomic E-state index is 0.0330. The molecule has 0 aliphatic carbocycles. The highest BCUT2D eigenvalue weighted by Gasteiger charge is 2.16. The molecule has 0 saturated carbocycles. The summed E-state index contributed by atoms with van der Waals surface area (Å²) in [7, 11) is 1.26. The van der Waals surface area contributed by atoms with E-state index in [-0.39, 0.29) is 48.2 Å². The highest BCUT2D eigenvalue weighted by molar-refractivity contribution is 6.00. The molecule has 0 spiro atoms. The fraction of sp³-hybridized carbons (Fsp3) is 0.227. The molecule has 0 atom stereocenters. The topological polar surface area (TPSA) is 112 Å². The van der Waals surface area contributed by atoms with Gasteiger partial charge in [-0.1, -0.05) is 6.07 Å². The summed E-state index contributed by atoms with van der Waals surface area (Å²) in [5, 5.41) is 10.8. The van der Waals surface area contributed by atoms with Crippen molar-refractivity contribution in [3.8, 4) is 11.5 Å². The molecule has 0 saturated heterocycles. The van der Waals surface area contributed by atoms with Gasteiger partial charge in [0.25, 0.3) is 0 Å². The second-order valence-electron chi connectivity index (χ2n) is 6.35. The average molecular weight is 412 g/mol. The molecule has 1 N–H and O–H groups in total. The molecule has 156 valence electrons. The van der Waals surface area contributed by atoms with Crippen LogP contribution in [0.25, 0.3) is 11.0 Å². The number of esters is 2. The predicted molar refractivity (Wildman–Crippen MR) is 106 cm³/mol. The first-order valence-corrected chi connectivity index (χ1v) is 9.16. The normalized spacial score (nSPS) is 10.6. The van der Waals surface area contributed by atoms with Crippen LogP contribution in [0, 0.1) is 0 Å². The highest BCUT2D eigenvalue weighted by Crippen LogP contribution is 2.26.